The van der Waals surface area contributed by atoms with Crippen molar-refractivity contribution in [1.82, 2.24) is 9.80 Å². The largest absolute Gasteiger partial charge is 0.342 e. The predicted octanol–water partition coefficient (Wildman–Crippen LogP) is 1.69. The van der Waals surface area contributed by atoms with E-state index in [1.165, 1.54) is 0 Å². The predicted molar refractivity (Wildman–Crippen MR) is 80.0 cm³/mol. The number of rotatable bonds is 5. The Bertz CT molecular complexity index is 292. The number of nitrogens with zero attached hydrogens (tertiary/aromatic N) is 2. The van der Waals surface area contributed by atoms with Crippen LogP contribution in [0.25, 0.3) is 0 Å². The van der Waals surface area contributed by atoms with Gasteiger partial charge in [0.2, 0.25) is 5.91 Å². The van der Waals surface area contributed by atoms with Gasteiger partial charge in [0.25, 0.3) is 0 Å². The third kappa shape index (κ3) is 3.69. The van der Waals surface area contributed by atoms with Crippen LogP contribution in [-0.4, -0.2) is 54.5 Å². The van der Waals surface area contributed by atoms with Gasteiger partial charge in [-0.1, -0.05) is 6.92 Å². The molecule has 0 saturated carbocycles. The van der Waals surface area contributed by atoms with Crippen molar-refractivity contribution >= 4 is 5.91 Å². The highest BCUT2D eigenvalue weighted by Crippen LogP contribution is 2.26. The first-order chi connectivity index (χ1) is 8.85. The molecular weight excluding hydrogens is 238 g/mol. The number of hydrogen-bond acceptors (Lipinski definition) is 3. The Hall–Kier alpha value is -0.610. The molecule has 4 heteroatoms. The number of hydrogen-bond donors (Lipinski definition) is 1. The lowest BCUT2D eigenvalue weighted by Gasteiger charge is -2.41. The molecule has 4 nitrogen and oxygen atoms in total. The number of piperidine rings is 1. The summed E-state index contributed by atoms with van der Waals surface area (Å²) in [6, 6.07) is 0.979. The normalized spacial score (nSPS) is 21.4. The number of likely N-dealkylation sites (tertiary alicyclic amines) is 1. The van der Waals surface area contributed by atoms with E-state index in [-0.39, 0.29) is 5.91 Å². The lowest BCUT2D eigenvalue weighted by Crippen LogP contribution is -2.52. The molecule has 0 spiro atoms. The molecule has 1 atom stereocenters. The summed E-state index contributed by atoms with van der Waals surface area (Å²) < 4.78 is 0. The van der Waals surface area contributed by atoms with Gasteiger partial charge in [-0.05, 0) is 40.0 Å². The SMILES string of the molecule is CCC(C)(CN)C(=O)N(C)C1CCN(C(C)C)CC1. The zero-order chi connectivity index (χ0) is 14.6. The van der Waals surface area contributed by atoms with Crippen molar-refractivity contribution in [3.63, 3.8) is 0 Å². The fourth-order valence-electron chi connectivity index (χ4n) is 2.76. The van der Waals surface area contributed by atoms with Crippen LogP contribution in [-0.2, 0) is 4.79 Å². The van der Waals surface area contributed by atoms with Crippen molar-refractivity contribution in [2.45, 2.75) is 59.0 Å². The van der Waals surface area contributed by atoms with Crippen molar-refractivity contribution in [1.29, 1.82) is 0 Å². The average molecular weight is 269 g/mol. The molecule has 1 unspecified atom stereocenters. The second-order valence-corrected chi connectivity index (χ2v) is 6.40. The number of amides is 1. The third-order valence-corrected chi connectivity index (χ3v) is 4.84. The van der Waals surface area contributed by atoms with Gasteiger partial charge < -0.3 is 15.5 Å². The number of nitrogens with two attached hydrogens (primary N) is 1. The highest BCUT2D eigenvalue weighted by Gasteiger charge is 2.36. The first kappa shape index (κ1) is 16.4. The summed E-state index contributed by atoms with van der Waals surface area (Å²) in [6.45, 7) is 11.1. The van der Waals surface area contributed by atoms with Gasteiger partial charge in [-0.2, -0.15) is 0 Å². The molecule has 1 amide bonds. The van der Waals surface area contributed by atoms with Gasteiger partial charge in [-0.25, -0.2) is 0 Å². The fraction of sp³-hybridized carbons (Fsp3) is 0.933. The van der Waals surface area contributed by atoms with Crippen LogP contribution in [0.4, 0.5) is 0 Å². The molecule has 2 N–H and O–H groups in total. The number of carbonyl (C=O) groups excluding carboxylic acids is 1. The van der Waals surface area contributed by atoms with E-state index >= 15 is 0 Å². The van der Waals surface area contributed by atoms with Crippen LogP contribution in [0.1, 0.15) is 47.0 Å². The van der Waals surface area contributed by atoms with Crippen LogP contribution in [0.5, 0.6) is 0 Å². The smallest absolute Gasteiger partial charge is 0.229 e. The van der Waals surface area contributed by atoms with Gasteiger partial charge in [0.15, 0.2) is 0 Å². The minimum Gasteiger partial charge on any atom is -0.342 e. The fourth-order valence-corrected chi connectivity index (χ4v) is 2.76. The summed E-state index contributed by atoms with van der Waals surface area (Å²) >= 11 is 0. The van der Waals surface area contributed by atoms with E-state index in [2.05, 4.69) is 18.7 Å². The summed E-state index contributed by atoms with van der Waals surface area (Å²) in [5, 5.41) is 0. The highest BCUT2D eigenvalue weighted by molar-refractivity contribution is 5.82. The molecule has 0 bridgehead atoms. The maximum absolute atomic E-state index is 12.6. The van der Waals surface area contributed by atoms with E-state index in [1.54, 1.807) is 0 Å². The molecule has 0 aliphatic carbocycles. The summed E-state index contributed by atoms with van der Waals surface area (Å²) in [7, 11) is 1.95. The summed E-state index contributed by atoms with van der Waals surface area (Å²) in [5.41, 5.74) is 5.39. The van der Waals surface area contributed by atoms with Gasteiger partial charge in [0.1, 0.15) is 0 Å². The lowest BCUT2D eigenvalue weighted by molar-refractivity contribution is -0.142. The molecule has 1 fully saturated rings. The van der Waals surface area contributed by atoms with Crippen LogP contribution in [0, 0.1) is 5.41 Å². The molecule has 0 radical (unpaired) electrons. The van der Waals surface area contributed by atoms with Crippen molar-refractivity contribution in [3.05, 3.63) is 0 Å². The van der Waals surface area contributed by atoms with Gasteiger partial charge >= 0.3 is 0 Å². The molecule has 19 heavy (non-hydrogen) atoms. The topological polar surface area (TPSA) is 49.6 Å². The number of carbonyl (C=O) groups is 1. The van der Waals surface area contributed by atoms with E-state index < -0.39 is 5.41 Å². The summed E-state index contributed by atoms with van der Waals surface area (Å²) in [5.74, 6) is 0.209. The zero-order valence-corrected chi connectivity index (χ0v) is 13.3. The van der Waals surface area contributed by atoms with E-state index in [4.69, 9.17) is 5.73 Å². The van der Waals surface area contributed by atoms with Crippen LogP contribution in [0.2, 0.25) is 0 Å². The lowest BCUT2D eigenvalue weighted by atomic mass is 9.85. The Morgan fingerprint density at radius 2 is 1.95 bits per heavy atom. The Kier molecular flexibility index (Phi) is 5.81. The van der Waals surface area contributed by atoms with E-state index in [0.717, 1.165) is 32.4 Å². The molecule has 1 heterocycles. The minimum absolute atomic E-state index is 0.209. The van der Waals surface area contributed by atoms with Crippen LogP contribution in [0.3, 0.4) is 0 Å². The van der Waals surface area contributed by atoms with Crippen LogP contribution >= 0.6 is 0 Å². The van der Waals surface area contributed by atoms with Crippen molar-refractivity contribution in [3.8, 4) is 0 Å². The van der Waals surface area contributed by atoms with Gasteiger partial charge in [0, 0.05) is 38.8 Å². The Morgan fingerprint density at radius 3 is 2.32 bits per heavy atom. The second-order valence-electron chi connectivity index (χ2n) is 6.40. The summed E-state index contributed by atoms with van der Waals surface area (Å²) in [4.78, 5) is 17.0. The monoisotopic (exact) mass is 269 g/mol. The first-order valence-electron chi connectivity index (χ1n) is 7.57. The summed E-state index contributed by atoms with van der Waals surface area (Å²) in [6.07, 6.45) is 2.95. The third-order valence-electron chi connectivity index (χ3n) is 4.84. The van der Waals surface area contributed by atoms with Gasteiger partial charge in [-0.3, -0.25) is 4.79 Å². The van der Waals surface area contributed by atoms with E-state index in [1.807, 2.05) is 25.8 Å². The molecule has 1 aliphatic heterocycles. The first-order valence-corrected chi connectivity index (χ1v) is 7.57. The molecule has 0 aromatic rings. The molecule has 1 aliphatic rings. The van der Waals surface area contributed by atoms with Crippen molar-refractivity contribution in [2.24, 2.45) is 11.1 Å². The Labute approximate surface area is 118 Å². The van der Waals surface area contributed by atoms with Crippen molar-refractivity contribution in [2.75, 3.05) is 26.7 Å². The molecule has 0 aromatic carbocycles. The van der Waals surface area contributed by atoms with Crippen LogP contribution < -0.4 is 5.73 Å². The highest BCUT2D eigenvalue weighted by atomic mass is 16.2. The van der Waals surface area contributed by atoms with Crippen LogP contribution in [0.15, 0.2) is 0 Å². The second kappa shape index (κ2) is 6.71. The maximum Gasteiger partial charge on any atom is 0.229 e. The van der Waals surface area contributed by atoms with E-state index in [9.17, 15) is 4.79 Å². The van der Waals surface area contributed by atoms with Gasteiger partial charge in [-0.15, -0.1) is 0 Å². The molecule has 112 valence electrons. The molecule has 0 aromatic heterocycles. The molecule has 1 rings (SSSR count). The zero-order valence-electron chi connectivity index (χ0n) is 13.3. The minimum atomic E-state index is -0.399. The van der Waals surface area contributed by atoms with Crippen molar-refractivity contribution < 1.29 is 4.79 Å². The average Bonchev–Trinajstić information content (AvgIpc) is 2.44. The Morgan fingerprint density at radius 1 is 1.42 bits per heavy atom. The molecule has 1 saturated heterocycles. The van der Waals surface area contributed by atoms with E-state index in [0.29, 0.717) is 18.6 Å². The maximum atomic E-state index is 12.6. The molecular formula is C15H31N3O. The Balaban J connectivity index is 2.60. The quantitative estimate of drug-likeness (QED) is 0.826. The standard InChI is InChI=1S/C15H31N3O/c1-6-15(4,11-16)14(19)17(5)13-7-9-18(10-8-13)12(2)3/h12-13H,6-11,16H2,1-5H3. The van der Waals surface area contributed by atoms with Gasteiger partial charge in [0.05, 0.1) is 5.41 Å².